The summed E-state index contributed by atoms with van der Waals surface area (Å²) in [5.74, 6) is -1.45. The summed E-state index contributed by atoms with van der Waals surface area (Å²) >= 11 is 0. The highest BCUT2D eigenvalue weighted by molar-refractivity contribution is 7.52. The Labute approximate surface area is 214 Å². The van der Waals surface area contributed by atoms with Gasteiger partial charge >= 0.3 is 7.60 Å². The van der Waals surface area contributed by atoms with Crippen LogP contribution in [0.2, 0.25) is 0 Å². The third-order valence-electron chi connectivity index (χ3n) is 6.42. The lowest BCUT2D eigenvalue weighted by Crippen LogP contribution is -2.35. The van der Waals surface area contributed by atoms with Crippen molar-refractivity contribution in [2.45, 2.75) is 128 Å². The van der Waals surface area contributed by atoms with Gasteiger partial charge in [0.15, 0.2) is 5.85 Å². The first kappa shape index (κ1) is 32.3. The third-order valence-corrected chi connectivity index (χ3v) is 7.57. The molecule has 0 aliphatic heterocycles. The minimum atomic E-state index is -4.57. The van der Waals surface area contributed by atoms with Crippen molar-refractivity contribution in [1.82, 2.24) is 0 Å². The fourth-order valence-electron chi connectivity index (χ4n) is 4.28. The predicted octanol–water partition coefficient (Wildman–Crippen LogP) is 7.35. The summed E-state index contributed by atoms with van der Waals surface area (Å²) in [6.07, 6.45) is 19.2. The monoisotopic (exact) mass is 514 g/mol. The molecule has 1 unspecified atom stereocenters. The molecular formula is C28H51O6P. The molecule has 1 rings (SSSR count). The van der Waals surface area contributed by atoms with Gasteiger partial charge in [-0.3, -0.25) is 4.57 Å². The van der Waals surface area contributed by atoms with Crippen LogP contribution in [-0.2, 0) is 20.6 Å². The van der Waals surface area contributed by atoms with E-state index in [1.54, 1.807) is 0 Å². The van der Waals surface area contributed by atoms with Crippen molar-refractivity contribution in [3.8, 4) is 0 Å². The van der Waals surface area contributed by atoms with Crippen LogP contribution in [0.3, 0.4) is 0 Å². The average molecular weight is 515 g/mol. The Bertz CT molecular complexity index is 636. The number of rotatable bonds is 24. The maximum Gasteiger partial charge on any atom is 0.356 e. The molecule has 7 heteroatoms. The standard InChI is InChI=1S/C28H51O6P/c1-2-3-4-5-6-7-8-9-10-11-12-13-14-15-16-20-23-33-28(35(30,31)32)27(24-29)34-25-26-21-18-17-19-22-26/h17-19,21-22,27-29H,2-16,20,23-25H2,1H3,(H2,30,31,32)/t27-,28?/m0/s1. The maximum absolute atomic E-state index is 11.9. The van der Waals surface area contributed by atoms with Crippen LogP contribution in [0.5, 0.6) is 0 Å². The van der Waals surface area contributed by atoms with Gasteiger partial charge in [-0.15, -0.1) is 0 Å². The number of hydrogen-bond donors (Lipinski definition) is 3. The molecule has 0 radical (unpaired) electrons. The van der Waals surface area contributed by atoms with E-state index in [4.69, 9.17) is 9.47 Å². The van der Waals surface area contributed by atoms with E-state index in [9.17, 15) is 19.5 Å². The zero-order chi connectivity index (χ0) is 25.6. The van der Waals surface area contributed by atoms with Crippen LogP contribution in [0.1, 0.15) is 115 Å². The molecule has 0 aliphatic carbocycles. The normalized spacial score (nSPS) is 13.7. The Hall–Kier alpha value is -0.750. The number of aliphatic hydroxyl groups is 1. The van der Waals surface area contributed by atoms with Gasteiger partial charge in [0.1, 0.15) is 6.10 Å². The van der Waals surface area contributed by atoms with Gasteiger partial charge in [-0.1, -0.05) is 134 Å². The molecule has 0 aromatic heterocycles. The Morgan fingerprint density at radius 1 is 0.714 bits per heavy atom. The van der Waals surface area contributed by atoms with Gasteiger partial charge in [-0.2, -0.15) is 0 Å². The first-order chi connectivity index (χ1) is 17.0. The zero-order valence-electron chi connectivity index (χ0n) is 22.0. The minimum absolute atomic E-state index is 0.158. The van der Waals surface area contributed by atoms with Gasteiger partial charge in [0.2, 0.25) is 0 Å². The summed E-state index contributed by atoms with van der Waals surface area (Å²) in [4.78, 5) is 19.4. The fraction of sp³-hybridized carbons (Fsp3) is 0.786. The van der Waals surface area contributed by atoms with Gasteiger partial charge in [0, 0.05) is 6.61 Å². The second-order valence-electron chi connectivity index (χ2n) is 9.67. The second kappa shape index (κ2) is 21.3. The van der Waals surface area contributed by atoms with E-state index in [1.165, 1.54) is 83.5 Å². The highest BCUT2D eigenvalue weighted by atomic mass is 31.2. The van der Waals surface area contributed by atoms with E-state index in [-0.39, 0.29) is 13.2 Å². The molecule has 3 N–H and O–H groups in total. The summed E-state index contributed by atoms with van der Waals surface area (Å²) in [6.45, 7) is 2.16. The Kier molecular flexibility index (Phi) is 19.7. The molecule has 0 saturated heterocycles. The highest BCUT2D eigenvalue weighted by Crippen LogP contribution is 2.44. The van der Waals surface area contributed by atoms with Crippen LogP contribution in [0.4, 0.5) is 0 Å². The van der Waals surface area contributed by atoms with E-state index in [0.29, 0.717) is 0 Å². The Morgan fingerprint density at radius 3 is 1.60 bits per heavy atom. The summed E-state index contributed by atoms with van der Waals surface area (Å²) in [7, 11) is -4.57. The maximum atomic E-state index is 11.9. The molecule has 0 bridgehead atoms. The van der Waals surface area contributed by atoms with E-state index >= 15 is 0 Å². The van der Waals surface area contributed by atoms with Crippen LogP contribution in [0, 0.1) is 0 Å². The van der Waals surface area contributed by atoms with E-state index in [2.05, 4.69) is 6.92 Å². The van der Waals surface area contributed by atoms with Crippen LogP contribution >= 0.6 is 7.60 Å². The molecule has 6 nitrogen and oxygen atoms in total. The van der Waals surface area contributed by atoms with Crippen molar-refractivity contribution in [2.24, 2.45) is 0 Å². The van der Waals surface area contributed by atoms with Gasteiger partial charge in [0.25, 0.3) is 0 Å². The van der Waals surface area contributed by atoms with Gasteiger partial charge < -0.3 is 24.4 Å². The molecule has 0 amide bonds. The molecule has 2 atom stereocenters. The van der Waals surface area contributed by atoms with Gasteiger partial charge in [-0.05, 0) is 12.0 Å². The quantitative estimate of drug-likeness (QED) is 0.0986. The number of unbranched alkanes of at least 4 members (excludes halogenated alkanes) is 15. The van der Waals surface area contributed by atoms with Crippen molar-refractivity contribution in [3.05, 3.63) is 35.9 Å². The molecule has 0 fully saturated rings. The van der Waals surface area contributed by atoms with Crippen molar-refractivity contribution < 1.29 is 28.9 Å². The zero-order valence-corrected chi connectivity index (χ0v) is 22.9. The molecular weight excluding hydrogens is 463 g/mol. The predicted molar refractivity (Wildman–Crippen MR) is 143 cm³/mol. The van der Waals surface area contributed by atoms with Crippen molar-refractivity contribution in [2.75, 3.05) is 13.2 Å². The summed E-state index contributed by atoms with van der Waals surface area (Å²) in [6, 6.07) is 9.32. The molecule has 1 aromatic rings. The van der Waals surface area contributed by atoms with E-state index in [0.717, 1.165) is 24.8 Å². The minimum Gasteiger partial charge on any atom is -0.394 e. The first-order valence-electron chi connectivity index (χ1n) is 13.9. The Balaban J connectivity index is 2.06. The second-order valence-corrected chi connectivity index (χ2v) is 11.4. The Morgan fingerprint density at radius 2 is 1.17 bits per heavy atom. The number of benzene rings is 1. The number of ether oxygens (including phenoxy) is 2. The lowest BCUT2D eigenvalue weighted by atomic mass is 10.0. The average Bonchev–Trinajstić information content (AvgIpc) is 2.84. The fourth-order valence-corrected chi connectivity index (χ4v) is 5.19. The van der Waals surface area contributed by atoms with E-state index in [1.807, 2.05) is 30.3 Å². The molecule has 0 spiro atoms. The number of hydrogen-bond acceptors (Lipinski definition) is 4. The molecule has 0 heterocycles. The molecule has 0 aliphatic rings. The molecule has 0 saturated carbocycles. The van der Waals surface area contributed by atoms with Crippen molar-refractivity contribution in [1.29, 1.82) is 0 Å². The smallest absolute Gasteiger partial charge is 0.356 e. The van der Waals surface area contributed by atoms with Crippen molar-refractivity contribution >= 4 is 7.60 Å². The summed E-state index contributed by atoms with van der Waals surface area (Å²) in [5, 5.41) is 9.63. The van der Waals surface area contributed by atoms with E-state index < -0.39 is 26.2 Å². The highest BCUT2D eigenvalue weighted by Gasteiger charge is 2.37. The lowest BCUT2D eigenvalue weighted by molar-refractivity contribution is -0.0752. The first-order valence-corrected chi connectivity index (χ1v) is 15.6. The van der Waals surface area contributed by atoms with Gasteiger partial charge in [-0.25, -0.2) is 0 Å². The summed E-state index contributed by atoms with van der Waals surface area (Å²) < 4.78 is 23.0. The molecule has 204 valence electrons. The third kappa shape index (κ3) is 17.4. The van der Waals surface area contributed by atoms with Crippen LogP contribution in [0.15, 0.2) is 30.3 Å². The summed E-state index contributed by atoms with van der Waals surface area (Å²) in [5.41, 5.74) is 0.869. The largest absolute Gasteiger partial charge is 0.394 e. The number of aliphatic hydroxyl groups excluding tert-OH is 1. The van der Waals surface area contributed by atoms with Crippen LogP contribution in [-0.4, -0.2) is 40.1 Å². The lowest BCUT2D eigenvalue weighted by Gasteiger charge is -2.26. The topological polar surface area (TPSA) is 96.2 Å². The van der Waals surface area contributed by atoms with Gasteiger partial charge in [0.05, 0.1) is 13.2 Å². The molecule has 1 aromatic carbocycles. The molecule has 35 heavy (non-hydrogen) atoms. The SMILES string of the molecule is CCCCCCCCCCCCCCCCCCOC([C@H](CO)OCc1ccccc1)P(=O)(O)O. The van der Waals surface area contributed by atoms with Crippen molar-refractivity contribution in [3.63, 3.8) is 0 Å². The van der Waals surface area contributed by atoms with Crippen LogP contribution in [0.25, 0.3) is 0 Å². The van der Waals surface area contributed by atoms with Crippen LogP contribution < -0.4 is 0 Å².